The van der Waals surface area contributed by atoms with Gasteiger partial charge in [-0.1, -0.05) is 6.08 Å². The molecule has 1 aliphatic heterocycles. The number of hydrogen-bond acceptors (Lipinski definition) is 8. The van der Waals surface area contributed by atoms with Crippen molar-refractivity contribution in [2.75, 3.05) is 13.1 Å². The van der Waals surface area contributed by atoms with E-state index in [-0.39, 0.29) is 6.09 Å². The van der Waals surface area contributed by atoms with Gasteiger partial charge in [-0.2, -0.15) is 0 Å². The van der Waals surface area contributed by atoms with E-state index in [1.54, 1.807) is 27.2 Å². The Morgan fingerprint density at radius 1 is 1.23 bits per heavy atom. The van der Waals surface area contributed by atoms with E-state index in [4.69, 9.17) is 14.5 Å². The average Bonchev–Trinajstić information content (AvgIpc) is 3.44. The molecule has 1 aliphatic rings. The summed E-state index contributed by atoms with van der Waals surface area (Å²) in [5, 5.41) is 14.1. The summed E-state index contributed by atoms with van der Waals surface area (Å²) in [5.74, 6) is 0.747. The maximum Gasteiger partial charge on any atom is 0.410 e. The molecule has 3 aromatic rings. The third-order valence-corrected chi connectivity index (χ3v) is 5.49. The lowest BCUT2D eigenvalue weighted by Crippen LogP contribution is -2.39. The molecule has 4 rings (SSSR count). The highest BCUT2D eigenvalue weighted by molar-refractivity contribution is 7.10. The summed E-state index contributed by atoms with van der Waals surface area (Å²) >= 11 is 1.59. The van der Waals surface area contributed by atoms with E-state index in [1.807, 2.05) is 50.4 Å². The molecule has 1 aromatic carbocycles. The van der Waals surface area contributed by atoms with Gasteiger partial charge in [-0.25, -0.2) is 14.5 Å². The minimum absolute atomic E-state index is 0.276. The van der Waals surface area contributed by atoms with Crippen LogP contribution in [0, 0.1) is 0 Å². The molecule has 10 heteroatoms. The van der Waals surface area contributed by atoms with Crippen LogP contribution < -0.4 is 4.74 Å². The Labute approximate surface area is 184 Å². The number of amides is 1. The third kappa shape index (κ3) is 5.46. The van der Waals surface area contributed by atoms with Crippen LogP contribution in [0.1, 0.15) is 37.9 Å². The van der Waals surface area contributed by atoms with E-state index in [9.17, 15) is 4.79 Å². The highest BCUT2D eigenvalue weighted by Crippen LogP contribution is 2.27. The number of carbonyl (C=O) groups is 1. The minimum atomic E-state index is -0.487. The Balaban J connectivity index is 1.31. The Kier molecular flexibility index (Phi) is 5.99. The van der Waals surface area contributed by atoms with Crippen molar-refractivity contribution < 1.29 is 14.3 Å². The van der Waals surface area contributed by atoms with Gasteiger partial charge in [0.25, 0.3) is 0 Å². The lowest BCUT2D eigenvalue weighted by molar-refractivity contribution is 0.0270. The van der Waals surface area contributed by atoms with Crippen LogP contribution in [0.5, 0.6) is 5.75 Å². The minimum Gasteiger partial charge on any atom is -0.487 e. The Morgan fingerprint density at radius 2 is 2.03 bits per heavy atom. The number of ether oxygens (including phenoxy) is 2. The maximum atomic E-state index is 12.2. The van der Waals surface area contributed by atoms with E-state index in [2.05, 4.69) is 21.6 Å². The second-order valence-corrected chi connectivity index (χ2v) is 8.94. The fraction of sp³-hybridized carbons (Fsp3) is 0.381. The topological polar surface area (TPSA) is 95.3 Å². The predicted octanol–water partition coefficient (Wildman–Crippen LogP) is 3.72. The molecule has 0 radical (unpaired) electrons. The van der Waals surface area contributed by atoms with Crippen LogP contribution in [0.15, 0.2) is 42.0 Å². The Bertz CT molecular complexity index is 1050. The standard InChI is InChI=1S/C21H24N6O3S/c1-21(2,3)30-20(28)26-10-8-15(9-11-26)19-23-16(13-31-19)12-29-18-6-4-17(5-7-18)27-14-22-24-25-27/h4-8,13-14H,9-12H2,1-3H3. The first kappa shape index (κ1) is 21.0. The van der Waals surface area contributed by atoms with Gasteiger partial charge < -0.3 is 14.4 Å². The second-order valence-electron chi connectivity index (χ2n) is 8.09. The molecular formula is C21H24N6O3S. The summed E-state index contributed by atoms with van der Waals surface area (Å²) < 4.78 is 12.9. The van der Waals surface area contributed by atoms with Crippen LogP contribution in [0.2, 0.25) is 0 Å². The normalized spacial score (nSPS) is 14.3. The number of nitrogens with zero attached hydrogens (tertiary/aromatic N) is 6. The zero-order valence-electron chi connectivity index (χ0n) is 17.7. The van der Waals surface area contributed by atoms with E-state index in [1.165, 1.54) is 0 Å². The van der Waals surface area contributed by atoms with Crippen molar-refractivity contribution in [3.05, 3.63) is 52.8 Å². The molecule has 0 atom stereocenters. The summed E-state index contributed by atoms with van der Waals surface area (Å²) in [6.45, 7) is 7.16. The van der Waals surface area contributed by atoms with Gasteiger partial charge in [0.05, 0.1) is 11.4 Å². The van der Waals surface area contributed by atoms with Crippen molar-refractivity contribution >= 4 is 23.0 Å². The summed E-state index contributed by atoms with van der Waals surface area (Å²) in [6.07, 6.45) is 4.07. The first-order valence-corrected chi connectivity index (χ1v) is 10.8. The van der Waals surface area contributed by atoms with Crippen LogP contribution in [0.25, 0.3) is 11.3 Å². The van der Waals surface area contributed by atoms with E-state index in [0.717, 1.165) is 34.1 Å². The van der Waals surface area contributed by atoms with E-state index in [0.29, 0.717) is 19.7 Å². The number of carbonyl (C=O) groups excluding carboxylic acids is 1. The Morgan fingerprint density at radius 3 is 2.68 bits per heavy atom. The summed E-state index contributed by atoms with van der Waals surface area (Å²) in [4.78, 5) is 18.6. The van der Waals surface area contributed by atoms with Gasteiger partial charge in [-0.15, -0.1) is 16.4 Å². The van der Waals surface area contributed by atoms with E-state index < -0.39 is 5.60 Å². The predicted molar refractivity (Wildman–Crippen MR) is 116 cm³/mol. The monoisotopic (exact) mass is 440 g/mol. The lowest BCUT2D eigenvalue weighted by atomic mass is 10.1. The van der Waals surface area contributed by atoms with Gasteiger partial charge in [0, 0.05) is 18.5 Å². The molecule has 2 aromatic heterocycles. The molecule has 0 saturated carbocycles. The van der Waals surface area contributed by atoms with Crippen molar-refractivity contribution in [2.45, 2.75) is 39.4 Å². The lowest BCUT2D eigenvalue weighted by Gasteiger charge is -2.29. The second kappa shape index (κ2) is 8.84. The molecule has 3 heterocycles. The first-order valence-electron chi connectivity index (χ1n) is 9.95. The highest BCUT2D eigenvalue weighted by Gasteiger charge is 2.24. The van der Waals surface area contributed by atoms with Gasteiger partial charge in [-0.05, 0) is 67.5 Å². The number of thiazole rings is 1. The van der Waals surface area contributed by atoms with Crippen LogP contribution in [-0.4, -0.2) is 54.9 Å². The Hall–Kier alpha value is -3.27. The molecule has 162 valence electrons. The number of benzene rings is 1. The molecule has 1 amide bonds. The zero-order chi connectivity index (χ0) is 21.8. The molecule has 0 aliphatic carbocycles. The number of rotatable bonds is 5. The molecule has 0 spiro atoms. The van der Waals surface area contributed by atoms with Crippen molar-refractivity contribution in [1.29, 1.82) is 0 Å². The van der Waals surface area contributed by atoms with Crippen LogP contribution in [0.4, 0.5) is 4.79 Å². The van der Waals surface area contributed by atoms with Crippen molar-refractivity contribution in [1.82, 2.24) is 30.1 Å². The maximum absolute atomic E-state index is 12.2. The summed E-state index contributed by atoms with van der Waals surface area (Å²) in [7, 11) is 0. The number of aromatic nitrogens is 5. The molecule has 0 N–H and O–H groups in total. The largest absolute Gasteiger partial charge is 0.487 e. The van der Waals surface area contributed by atoms with Crippen LogP contribution in [-0.2, 0) is 11.3 Å². The SMILES string of the molecule is CC(C)(C)OC(=O)N1CC=C(c2nc(COc3ccc(-n4cnnn4)cc3)cs2)CC1. The highest BCUT2D eigenvalue weighted by atomic mass is 32.1. The molecule has 0 fully saturated rings. The zero-order valence-corrected chi connectivity index (χ0v) is 18.5. The van der Waals surface area contributed by atoms with E-state index >= 15 is 0 Å². The molecule has 0 unspecified atom stereocenters. The number of tetrazole rings is 1. The van der Waals surface area contributed by atoms with Crippen LogP contribution >= 0.6 is 11.3 Å². The fourth-order valence-electron chi connectivity index (χ4n) is 3.01. The van der Waals surface area contributed by atoms with Gasteiger partial charge >= 0.3 is 6.09 Å². The first-order chi connectivity index (χ1) is 14.9. The number of hydrogen-bond donors (Lipinski definition) is 0. The molecular weight excluding hydrogens is 416 g/mol. The summed E-state index contributed by atoms with van der Waals surface area (Å²) in [5.41, 5.74) is 2.40. The third-order valence-electron chi connectivity index (χ3n) is 4.52. The van der Waals surface area contributed by atoms with Crippen molar-refractivity contribution in [2.24, 2.45) is 0 Å². The van der Waals surface area contributed by atoms with Gasteiger partial charge in [-0.3, -0.25) is 0 Å². The summed E-state index contributed by atoms with van der Waals surface area (Å²) in [6, 6.07) is 7.53. The average molecular weight is 441 g/mol. The molecule has 0 saturated heterocycles. The molecule has 31 heavy (non-hydrogen) atoms. The quantitative estimate of drug-likeness (QED) is 0.597. The molecule has 9 nitrogen and oxygen atoms in total. The van der Waals surface area contributed by atoms with Gasteiger partial charge in [0.15, 0.2) is 0 Å². The van der Waals surface area contributed by atoms with Crippen molar-refractivity contribution in [3.63, 3.8) is 0 Å². The van der Waals surface area contributed by atoms with Crippen LogP contribution in [0.3, 0.4) is 0 Å². The fourth-order valence-corrected chi connectivity index (χ4v) is 3.88. The molecule has 0 bridgehead atoms. The van der Waals surface area contributed by atoms with Crippen molar-refractivity contribution in [3.8, 4) is 11.4 Å². The van der Waals surface area contributed by atoms with Gasteiger partial charge in [0.1, 0.15) is 29.3 Å². The smallest absolute Gasteiger partial charge is 0.410 e. The van der Waals surface area contributed by atoms with Gasteiger partial charge in [0.2, 0.25) is 0 Å².